The number of rotatable bonds is 4. The Bertz CT molecular complexity index is 344. The highest BCUT2D eigenvalue weighted by molar-refractivity contribution is 6.89. The molecule has 1 aromatic carbocycles. The molecule has 1 nitrogen and oxygen atoms in total. The maximum atomic E-state index is 13.9. The second-order valence-electron chi connectivity index (χ2n) is 4.33. The second-order valence-corrected chi connectivity index (χ2v) is 8.99. The Kier molecular flexibility index (Phi) is 4.53. The third kappa shape index (κ3) is 2.47. The van der Waals surface area contributed by atoms with Crippen molar-refractivity contribution in [1.29, 1.82) is 0 Å². The van der Waals surface area contributed by atoms with E-state index in [4.69, 9.17) is 11.6 Å². The van der Waals surface area contributed by atoms with Gasteiger partial charge in [0.1, 0.15) is 5.82 Å². The monoisotopic (exact) mass is 259 g/mol. The van der Waals surface area contributed by atoms with Crippen molar-refractivity contribution in [2.75, 3.05) is 13.1 Å². The van der Waals surface area contributed by atoms with Crippen molar-refractivity contribution in [2.24, 2.45) is 0 Å². The fourth-order valence-electron chi connectivity index (χ4n) is 2.25. The summed E-state index contributed by atoms with van der Waals surface area (Å²) >= 11 is 6.14. The van der Waals surface area contributed by atoms with Gasteiger partial charge in [-0.3, -0.25) is 0 Å². The summed E-state index contributed by atoms with van der Waals surface area (Å²) in [4.78, 5) is 0. The number of hydrogen-bond acceptors (Lipinski definition) is 1. The van der Waals surface area contributed by atoms with Crippen molar-refractivity contribution >= 4 is 25.0 Å². The highest BCUT2D eigenvalue weighted by Crippen LogP contribution is 2.18. The van der Waals surface area contributed by atoms with Gasteiger partial charge >= 0.3 is 0 Å². The summed E-state index contributed by atoms with van der Waals surface area (Å²) in [5.41, 5.74) is 0. The van der Waals surface area contributed by atoms with Gasteiger partial charge in [0.25, 0.3) is 0 Å². The number of halogens is 2. The lowest BCUT2D eigenvalue weighted by atomic mass is 10.3. The van der Waals surface area contributed by atoms with Crippen LogP contribution in [-0.2, 0) is 0 Å². The van der Waals surface area contributed by atoms with Gasteiger partial charge in [0.2, 0.25) is 0 Å². The van der Waals surface area contributed by atoms with Crippen LogP contribution in [-0.4, -0.2) is 25.9 Å². The van der Waals surface area contributed by atoms with Crippen LogP contribution in [0.15, 0.2) is 18.2 Å². The van der Waals surface area contributed by atoms with Crippen LogP contribution in [0, 0.1) is 5.82 Å². The second kappa shape index (κ2) is 5.30. The molecule has 0 saturated carbocycles. The standard InChI is InChI=1S/C12H19ClFNSi/c1-5-15(6-2)16(3,4)12-10(13)8-7-9-11(12)14/h7-9H,5-6H2,1-4H3. The minimum atomic E-state index is -1.97. The molecule has 0 heterocycles. The van der Waals surface area contributed by atoms with E-state index in [1.807, 2.05) is 0 Å². The number of hydrogen-bond donors (Lipinski definition) is 0. The van der Waals surface area contributed by atoms with E-state index in [2.05, 4.69) is 31.5 Å². The molecule has 16 heavy (non-hydrogen) atoms. The summed E-state index contributed by atoms with van der Waals surface area (Å²) in [5.74, 6) is -0.170. The molecule has 0 amide bonds. The van der Waals surface area contributed by atoms with Gasteiger partial charge in [-0.2, -0.15) is 0 Å². The van der Waals surface area contributed by atoms with Crippen molar-refractivity contribution in [2.45, 2.75) is 26.9 Å². The minimum Gasteiger partial charge on any atom is -0.321 e. The van der Waals surface area contributed by atoms with Crippen LogP contribution in [0.1, 0.15) is 13.8 Å². The van der Waals surface area contributed by atoms with Crippen LogP contribution in [0.4, 0.5) is 4.39 Å². The van der Waals surface area contributed by atoms with Gasteiger partial charge in [-0.25, -0.2) is 4.39 Å². The first kappa shape index (κ1) is 13.7. The Morgan fingerprint density at radius 3 is 2.25 bits per heavy atom. The molecule has 0 aliphatic carbocycles. The molecule has 0 bridgehead atoms. The van der Waals surface area contributed by atoms with Crippen molar-refractivity contribution in [3.63, 3.8) is 0 Å². The highest BCUT2D eigenvalue weighted by Gasteiger charge is 2.34. The summed E-state index contributed by atoms with van der Waals surface area (Å²) in [6.45, 7) is 10.4. The van der Waals surface area contributed by atoms with Gasteiger partial charge < -0.3 is 4.57 Å². The van der Waals surface area contributed by atoms with Crippen LogP contribution < -0.4 is 5.19 Å². The number of benzene rings is 1. The first-order chi connectivity index (χ1) is 7.45. The van der Waals surface area contributed by atoms with Gasteiger partial charge in [-0.1, -0.05) is 44.6 Å². The zero-order chi connectivity index (χ0) is 12.3. The molecule has 0 fully saturated rings. The average Bonchev–Trinajstić information content (AvgIpc) is 2.18. The van der Waals surface area contributed by atoms with E-state index in [0.29, 0.717) is 5.02 Å². The largest absolute Gasteiger partial charge is 0.321 e. The third-order valence-electron chi connectivity index (χ3n) is 3.13. The lowest BCUT2D eigenvalue weighted by molar-refractivity contribution is 0.472. The van der Waals surface area contributed by atoms with E-state index in [-0.39, 0.29) is 5.82 Å². The molecular weight excluding hydrogens is 241 g/mol. The van der Waals surface area contributed by atoms with Crippen molar-refractivity contribution < 1.29 is 4.39 Å². The van der Waals surface area contributed by atoms with Gasteiger partial charge in [-0.15, -0.1) is 0 Å². The Balaban J connectivity index is 3.25. The molecule has 0 aliphatic heterocycles. The predicted molar refractivity (Wildman–Crippen MR) is 71.4 cm³/mol. The zero-order valence-corrected chi connectivity index (χ0v) is 12.1. The molecule has 0 unspecified atom stereocenters. The smallest absolute Gasteiger partial charge is 0.159 e. The third-order valence-corrected chi connectivity index (χ3v) is 7.55. The molecule has 0 radical (unpaired) electrons. The molecule has 1 aromatic rings. The summed E-state index contributed by atoms with van der Waals surface area (Å²) in [6, 6.07) is 4.94. The van der Waals surface area contributed by atoms with Crippen LogP contribution in [0.5, 0.6) is 0 Å². The number of nitrogens with zero attached hydrogens (tertiary/aromatic N) is 1. The molecule has 4 heteroatoms. The average molecular weight is 260 g/mol. The van der Waals surface area contributed by atoms with E-state index in [1.165, 1.54) is 6.07 Å². The minimum absolute atomic E-state index is 0.170. The Hall–Kier alpha value is -0.383. The van der Waals surface area contributed by atoms with Crippen molar-refractivity contribution in [3.8, 4) is 0 Å². The summed E-state index contributed by atoms with van der Waals surface area (Å²) < 4.78 is 16.2. The van der Waals surface area contributed by atoms with Crippen molar-refractivity contribution in [1.82, 2.24) is 4.57 Å². The Morgan fingerprint density at radius 1 is 1.25 bits per heavy atom. The topological polar surface area (TPSA) is 3.24 Å². The van der Waals surface area contributed by atoms with E-state index in [1.54, 1.807) is 12.1 Å². The van der Waals surface area contributed by atoms with E-state index in [0.717, 1.165) is 18.3 Å². The lowest BCUT2D eigenvalue weighted by Crippen LogP contribution is -2.59. The molecular formula is C12H19ClFNSi. The molecule has 0 spiro atoms. The van der Waals surface area contributed by atoms with Gasteiger partial charge in [0.15, 0.2) is 8.24 Å². The first-order valence-corrected chi connectivity index (χ1v) is 8.97. The van der Waals surface area contributed by atoms with Gasteiger partial charge in [-0.05, 0) is 25.2 Å². The predicted octanol–water partition coefficient (Wildman–Crippen LogP) is 3.23. The summed E-state index contributed by atoms with van der Waals surface area (Å²) in [6.07, 6.45) is 0. The normalized spacial score (nSPS) is 12.2. The Morgan fingerprint density at radius 2 is 1.81 bits per heavy atom. The molecule has 0 saturated heterocycles. The van der Waals surface area contributed by atoms with Crippen LogP contribution >= 0.6 is 11.6 Å². The quantitative estimate of drug-likeness (QED) is 0.751. The highest BCUT2D eigenvalue weighted by atomic mass is 35.5. The molecule has 0 N–H and O–H groups in total. The van der Waals surface area contributed by atoms with Crippen LogP contribution in [0.2, 0.25) is 18.1 Å². The maximum absolute atomic E-state index is 13.9. The van der Waals surface area contributed by atoms with Crippen molar-refractivity contribution in [3.05, 3.63) is 29.0 Å². The molecule has 0 aromatic heterocycles. The molecule has 0 aliphatic rings. The first-order valence-electron chi connectivity index (χ1n) is 5.64. The Labute approximate surface area is 103 Å². The summed E-state index contributed by atoms with van der Waals surface area (Å²) in [7, 11) is -1.97. The van der Waals surface area contributed by atoms with E-state index in [9.17, 15) is 4.39 Å². The molecule has 1 rings (SSSR count). The fraction of sp³-hybridized carbons (Fsp3) is 0.500. The fourth-order valence-corrected chi connectivity index (χ4v) is 6.34. The molecule has 90 valence electrons. The van der Waals surface area contributed by atoms with Gasteiger partial charge in [0.05, 0.1) is 0 Å². The van der Waals surface area contributed by atoms with E-state index >= 15 is 0 Å². The van der Waals surface area contributed by atoms with Crippen LogP contribution in [0.3, 0.4) is 0 Å². The summed E-state index contributed by atoms with van der Waals surface area (Å²) in [5, 5.41) is 1.28. The van der Waals surface area contributed by atoms with Crippen LogP contribution in [0.25, 0.3) is 0 Å². The van der Waals surface area contributed by atoms with Gasteiger partial charge in [0, 0.05) is 10.2 Å². The lowest BCUT2D eigenvalue weighted by Gasteiger charge is -2.36. The SMILES string of the molecule is CCN(CC)[Si](C)(C)c1c(F)cccc1Cl. The molecule has 0 atom stereocenters. The maximum Gasteiger partial charge on any atom is 0.159 e. The zero-order valence-electron chi connectivity index (χ0n) is 10.3. The van der Waals surface area contributed by atoms with E-state index < -0.39 is 8.24 Å².